The van der Waals surface area contributed by atoms with Crippen molar-refractivity contribution in [3.8, 4) is 0 Å². The van der Waals surface area contributed by atoms with Crippen LogP contribution in [0.3, 0.4) is 0 Å². The maximum absolute atomic E-state index is 12.9. The van der Waals surface area contributed by atoms with Gasteiger partial charge in [0.25, 0.3) is 5.91 Å². The SMILES string of the molecule is Cc1cc(C(=O)Nc2ncccc2C)nc(C2CCCCN2Cc2ccccn2)n1. The minimum Gasteiger partial charge on any atom is -0.305 e. The van der Waals surface area contributed by atoms with E-state index in [0.717, 1.165) is 49.3 Å². The summed E-state index contributed by atoms with van der Waals surface area (Å²) in [4.78, 5) is 33.3. The zero-order valence-electron chi connectivity index (χ0n) is 17.4. The number of hydrogen-bond donors (Lipinski definition) is 1. The normalized spacial score (nSPS) is 16.9. The van der Waals surface area contributed by atoms with Crippen molar-refractivity contribution in [3.05, 3.63) is 77.3 Å². The molecule has 0 spiro atoms. The number of aromatic nitrogens is 4. The molecule has 0 saturated carbocycles. The van der Waals surface area contributed by atoms with Gasteiger partial charge in [-0.2, -0.15) is 0 Å². The van der Waals surface area contributed by atoms with Gasteiger partial charge >= 0.3 is 0 Å². The van der Waals surface area contributed by atoms with E-state index in [1.807, 2.05) is 50.4 Å². The Bertz CT molecular complexity index is 1020. The monoisotopic (exact) mass is 402 g/mol. The zero-order valence-corrected chi connectivity index (χ0v) is 17.4. The molecule has 1 unspecified atom stereocenters. The molecule has 7 nitrogen and oxygen atoms in total. The van der Waals surface area contributed by atoms with E-state index in [-0.39, 0.29) is 11.9 Å². The molecule has 154 valence electrons. The fourth-order valence-electron chi connectivity index (χ4n) is 3.82. The van der Waals surface area contributed by atoms with Gasteiger partial charge in [0, 0.05) is 24.6 Å². The number of amides is 1. The predicted octanol–water partition coefficient (Wildman–Crippen LogP) is 3.86. The van der Waals surface area contributed by atoms with Crippen LogP contribution in [0.15, 0.2) is 48.8 Å². The van der Waals surface area contributed by atoms with Gasteiger partial charge in [-0.1, -0.05) is 18.6 Å². The maximum Gasteiger partial charge on any atom is 0.275 e. The van der Waals surface area contributed by atoms with Crippen molar-refractivity contribution in [2.75, 3.05) is 11.9 Å². The number of hydrogen-bond acceptors (Lipinski definition) is 6. The largest absolute Gasteiger partial charge is 0.305 e. The highest BCUT2D eigenvalue weighted by molar-refractivity contribution is 6.02. The topological polar surface area (TPSA) is 83.9 Å². The number of likely N-dealkylation sites (tertiary alicyclic amines) is 1. The summed E-state index contributed by atoms with van der Waals surface area (Å²) >= 11 is 0. The molecule has 1 amide bonds. The second-order valence-corrected chi connectivity index (χ2v) is 7.68. The van der Waals surface area contributed by atoms with Crippen LogP contribution in [0, 0.1) is 13.8 Å². The zero-order chi connectivity index (χ0) is 20.9. The lowest BCUT2D eigenvalue weighted by molar-refractivity contribution is 0.101. The van der Waals surface area contributed by atoms with E-state index in [1.54, 1.807) is 12.3 Å². The van der Waals surface area contributed by atoms with E-state index in [2.05, 4.69) is 30.2 Å². The number of rotatable bonds is 5. The van der Waals surface area contributed by atoms with Crippen molar-refractivity contribution in [1.29, 1.82) is 0 Å². The number of nitrogens with zero attached hydrogens (tertiary/aromatic N) is 5. The molecule has 0 aliphatic carbocycles. The molecular weight excluding hydrogens is 376 g/mol. The summed E-state index contributed by atoms with van der Waals surface area (Å²) in [5, 5.41) is 2.87. The maximum atomic E-state index is 12.9. The van der Waals surface area contributed by atoms with Crippen LogP contribution < -0.4 is 5.32 Å². The second-order valence-electron chi connectivity index (χ2n) is 7.68. The number of nitrogens with one attached hydrogen (secondary N) is 1. The summed E-state index contributed by atoms with van der Waals surface area (Å²) in [6.45, 7) is 5.53. The van der Waals surface area contributed by atoms with Crippen molar-refractivity contribution in [1.82, 2.24) is 24.8 Å². The molecule has 3 aromatic rings. The first-order chi connectivity index (χ1) is 14.6. The van der Waals surface area contributed by atoms with Crippen LogP contribution in [0.25, 0.3) is 0 Å². The molecule has 0 radical (unpaired) electrons. The van der Waals surface area contributed by atoms with Gasteiger partial charge in [-0.3, -0.25) is 14.7 Å². The first-order valence-corrected chi connectivity index (χ1v) is 10.3. The highest BCUT2D eigenvalue weighted by Crippen LogP contribution is 2.30. The Hall–Kier alpha value is -3.19. The third kappa shape index (κ3) is 4.68. The van der Waals surface area contributed by atoms with E-state index < -0.39 is 0 Å². The molecule has 0 bridgehead atoms. The van der Waals surface area contributed by atoms with Crippen LogP contribution in [-0.4, -0.2) is 37.3 Å². The van der Waals surface area contributed by atoms with E-state index in [0.29, 0.717) is 17.3 Å². The highest BCUT2D eigenvalue weighted by Gasteiger charge is 2.27. The van der Waals surface area contributed by atoms with Crippen LogP contribution in [-0.2, 0) is 6.54 Å². The molecule has 0 aromatic carbocycles. The summed E-state index contributed by atoms with van der Waals surface area (Å²) in [6.07, 6.45) is 6.71. The average Bonchev–Trinajstić information content (AvgIpc) is 2.76. The fraction of sp³-hybridized carbons (Fsp3) is 0.348. The van der Waals surface area contributed by atoms with Gasteiger partial charge in [0.1, 0.15) is 17.3 Å². The predicted molar refractivity (Wildman–Crippen MR) is 115 cm³/mol. The molecule has 30 heavy (non-hydrogen) atoms. The molecule has 1 fully saturated rings. The molecule has 1 N–H and O–H groups in total. The molecule has 4 heterocycles. The van der Waals surface area contributed by atoms with Gasteiger partial charge in [-0.25, -0.2) is 15.0 Å². The number of aryl methyl sites for hydroxylation is 2. The van der Waals surface area contributed by atoms with Crippen LogP contribution in [0.1, 0.15) is 58.6 Å². The minimum atomic E-state index is -0.268. The summed E-state index contributed by atoms with van der Waals surface area (Å²) < 4.78 is 0. The number of pyridine rings is 2. The lowest BCUT2D eigenvalue weighted by Gasteiger charge is -2.34. The van der Waals surface area contributed by atoms with Crippen molar-refractivity contribution in [3.63, 3.8) is 0 Å². The molecular formula is C23H26N6O. The Morgan fingerprint density at radius 1 is 1.10 bits per heavy atom. The Morgan fingerprint density at radius 3 is 2.77 bits per heavy atom. The molecule has 3 aromatic heterocycles. The lowest BCUT2D eigenvalue weighted by Crippen LogP contribution is -2.34. The second kappa shape index (κ2) is 9.09. The molecule has 1 saturated heterocycles. The first kappa shape index (κ1) is 20.1. The Balaban J connectivity index is 1.58. The van der Waals surface area contributed by atoms with Crippen LogP contribution >= 0.6 is 0 Å². The van der Waals surface area contributed by atoms with E-state index >= 15 is 0 Å². The van der Waals surface area contributed by atoms with Crippen molar-refractivity contribution >= 4 is 11.7 Å². The Kier molecular flexibility index (Phi) is 6.09. The van der Waals surface area contributed by atoms with Gasteiger partial charge < -0.3 is 5.32 Å². The van der Waals surface area contributed by atoms with Crippen molar-refractivity contribution < 1.29 is 4.79 Å². The summed E-state index contributed by atoms with van der Waals surface area (Å²) in [7, 11) is 0. The van der Waals surface area contributed by atoms with E-state index in [4.69, 9.17) is 0 Å². The lowest BCUT2D eigenvalue weighted by atomic mass is 10.0. The van der Waals surface area contributed by atoms with Crippen molar-refractivity contribution in [2.45, 2.75) is 45.7 Å². The third-order valence-corrected chi connectivity index (χ3v) is 5.35. The summed E-state index contributed by atoms with van der Waals surface area (Å²) in [5.74, 6) is 0.985. The highest BCUT2D eigenvalue weighted by atomic mass is 16.1. The van der Waals surface area contributed by atoms with Crippen molar-refractivity contribution in [2.24, 2.45) is 0 Å². The Labute approximate surface area is 176 Å². The van der Waals surface area contributed by atoms with E-state index in [1.165, 1.54) is 0 Å². The first-order valence-electron chi connectivity index (χ1n) is 10.3. The average molecular weight is 403 g/mol. The fourth-order valence-corrected chi connectivity index (χ4v) is 3.82. The Morgan fingerprint density at radius 2 is 1.97 bits per heavy atom. The van der Waals surface area contributed by atoms with Gasteiger partial charge in [-0.05, 0) is 63.1 Å². The van der Waals surface area contributed by atoms with Crippen LogP contribution in [0.4, 0.5) is 5.82 Å². The van der Waals surface area contributed by atoms with E-state index in [9.17, 15) is 4.79 Å². The number of piperidine rings is 1. The van der Waals surface area contributed by atoms with Gasteiger partial charge in [-0.15, -0.1) is 0 Å². The summed E-state index contributed by atoms with van der Waals surface area (Å²) in [6, 6.07) is 11.5. The molecule has 1 aliphatic rings. The summed E-state index contributed by atoms with van der Waals surface area (Å²) in [5.41, 5.74) is 3.09. The standard InChI is InChI=1S/C23H26N6O/c1-16-8-7-12-25-21(16)28-23(30)19-14-17(2)26-22(27-19)20-10-4-6-13-29(20)15-18-9-3-5-11-24-18/h3,5,7-9,11-12,14,20H,4,6,10,13,15H2,1-2H3,(H,25,28,30). The van der Waals surface area contributed by atoms with Gasteiger partial charge in [0.05, 0.1) is 11.7 Å². The van der Waals surface area contributed by atoms with Gasteiger partial charge in [0.2, 0.25) is 0 Å². The number of anilines is 1. The third-order valence-electron chi connectivity index (χ3n) is 5.35. The molecule has 1 aliphatic heterocycles. The minimum absolute atomic E-state index is 0.0730. The molecule has 7 heteroatoms. The smallest absolute Gasteiger partial charge is 0.275 e. The van der Waals surface area contributed by atoms with Crippen LogP contribution in [0.5, 0.6) is 0 Å². The quantitative estimate of drug-likeness (QED) is 0.698. The van der Waals surface area contributed by atoms with Crippen LogP contribution in [0.2, 0.25) is 0 Å². The molecule has 1 atom stereocenters. The number of carbonyl (C=O) groups excluding carboxylic acids is 1. The molecule has 4 rings (SSSR count). The number of carbonyl (C=O) groups is 1. The van der Waals surface area contributed by atoms with Gasteiger partial charge in [0.15, 0.2) is 0 Å².